The van der Waals surface area contributed by atoms with Crippen LogP contribution in [-0.4, -0.2) is 28.2 Å². The van der Waals surface area contributed by atoms with Crippen molar-refractivity contribution in [3.8, 4) is 5.75 Å². The molecule has 3 rings (SSSR count). The third kappa shape index (κ3) is 3.06. The fraction of sp³-hybridized carbons (Fsp3) is 0.250. The molecule has 1 aromatic carbocycles. The number of ether oxygens (including phenoxy) is 1. The maximum atomic E-state index is 5.37. The van der Waals surface area contributed by atoms with Crippen LogP contribution in [0.3, 0.4) is 0 Å². The van der Waals surface area contributed by atoms with E-state index < -0.39 is 0 Å². The van der Waals surface area contributed by atoms with Crippen molar-refractivity contribution in [1.82, 2.24) is 14.5 Å². The molecule has 0 amide bonds. The van der Waals surface area contributed by atoms with Gasteiger partial charge in [0, 0.05) is 37.1 Å². The monoisotopic (exact) mass is 360 g/mol. The Balaban J connectivity index is 1.75. The maximum absolute atomic E-state index is 5.37. The van der Waals surface area contributed by atoms with Crippen LogP contribution in [0.1, 0.15) is 6.42 Å². The van der Waals surface area contributed by atoms with E-state index in [0.29, 0.717) is 0 Å². The largest absolute Gasteiger partial charge is 0.496 e. The van der Waals surface area contributed by atoms with Gasteiger partial charge in [-0.3, -0.25) is 0 Å². The molecule has 0 saturated heterocycles. The Hall–Kier alpha value is -2.08. The van der Waals surface area contributed by atoms with Crippen LogP contribution >= 0.6 is 15.9 Å². The number of imidazole rings is 1. The van der Waals surface area contributed by atoms with Crippen molar-refractivity contribution in [1.29, 1.82) is 0 Å². The maximum Gasteiger partial charge on any atom is 0.135 e. The Morgan fingerprint density at radius 3 is 2.95 bits per heavy atom. The normalized spacial score (nSPS) is 10.8. The first-order valence-corrected chi connectivity index (χ1v) is 7.89. The quantitative estimate of drug-likeness (QED) is 0.680. The topological polar surface area (TPSA) is 52.0 Å². The molecule has 0 aliphatic heterocycles. The summed E-state index contributed by atoms with van der Waals surface area (Å²) in [5.41, 5.74) is 0. The molecule has 0 spiro atoms. The number of fused-ring (bicyclic) bond motifs is 1. The van der Waals surface area contributed by atoms with Crippen LogP contribution in [0.4, 0.5) is 5.82 Å². The van der Waals surface area contributed by atoms with E-state index in [4.69, 9.17) is 4.74 Å². The summed E-state index contributed by atoms with van der Waals surface area (Å²) in [7, 11) is 1.67. The van der Waals surface area contributed by atoms with E-state index in [1.54, 1.807) is 13.3 Å². The fourth-order valence-corrected chi connectivity index (χ4v) is 3.10. The number of pyridine rings is 1. The van der Waals surface area contributed by atoms with Crippen LogP contribution < -0.4 is 10.1 Å². The summed E-state index contributed by atoms with van der Waals surface area (Å²) < 4.78 is 8.37. The van der Waals surface area contributed by atoms with Crippen molar-refractivity contribution in [2.24, 2.45) is 0 Å². The van der Waals surface area contributed by atoms with Gasteiger partial charge in [0.15, 0.2) is 0 Å². The second kappa shape index (κ2) is 6.79. The average Bonchev–Trinajstić information content (AvgIpc) is 3.05. The standard InChI is InChI=1S/C16H17BrN4O/c1-22-13-4-3-12-5-7-20-16(14(12)15(13)17)19-6-2-9-21-10-8-18-11-21/h3-5,7-8,10-11H,2,6,9H2,1H3,(H,19,20). The summed E-state index contributed by atoms with van der Waals surface area (Å²) >= 11 is 3.62. The number of hydrogen-bond acceptors (Lipinski definition) is 4. The zero-order valence-corrected chi connectivity index (χ0v) is 13.9. The Bertz CT molecular complexity index is 758. The average molecular weight is 361 g/mol. The van der Waals surface area contributed by atoms with Crippen LogP contribution in [0, 0.1) is 0 Å². The smallest absolute Gasteiger partial charge is 0.135 e. The summed E-state index contributed by atoms with van der Waals surface area (Å²) in [4.78, 5) is 8.50. The lowest BCUT2D eigenvalue weighted by molar-refractivity contribution is 0.413. The highest BCUT2D eigenvalue weighted by molar-refractivity contribution is 9.10. The lowest BCUT2D eigenvalue weighted by atomic mass is 10.1. The summed E-state index contributed by atoms with van der Waals surface area (Å²) in [6.45, 7) is 1.77. The second-order valence-corrected chi connectivity index (χ2v) is 5.71. The van der Waals surface area contributed by atoms with Gasteiger partial charge in [-0.05, 0) is 39.9 Å². The molecule has 0 bridgehead atoms. The minimum atomic E-state index is 0.807. The summed E-state index contributed by atoms with van der Waals surface area (Å²) in [6.07, 6.45) is 8.41. The number of benzene rings is 1. The molecular formula is C16H17BrN4O. The number of aryl methyl sites for hydroxylation is 1. The highest BCUT2D eigenvalue weighted by Gasteiger charge is 2.10. The molecular weight excluding hydrogens is 344 g/mol. The molecule has 0 fully saturated rings. The fourth-order valence-electron chi connectivity index (χ4n) is 2.39. The van der Waals surface area contributed by atoms with Crippen LogP contribution in [0.2, 0.25) is 0 Å². The number of nitrogens with one attached hydrogen (secondary N) is 1. The number of anilines is 1. The van der Waals surface area contributed by atoms with Gasteiger partial charge in [0.05, 0.1) is 17.9 Å². The van der Waals surface area contributed by atoms with E-state index in [2.05, 4.69) is 35.8 Å². The highest BCUT2D eigenvalue weighted by atomic mass is 79.9. The molecule has 0 unspecified atom stereocenters. The highest BCUT2D eigenvalue weighted by Crippen LogP contribution is 2.36. The molecule has 6 heteroatoms. The van der Waals surface area contributed by atoms with Crippen molar-refractivity contribution >= 4 is 32.5 Å². The van der Waals surface area contributed by atoms with E-state index >= 15 is 0 Å². The predicted molar refractivity (Wildman–Crippen MR) is 91.3 cm³/mol. The molecule has 0 aliphatic rings. The molecule has 3 aromatic rings. The number of rotatable bonds is 6. The molecule has 2 aromatic heterocycles. The first-order chi connectivity index (χ1) is 10.8. The number of methoxy groups -OCH3 is 1. The van der Waals surface area contributed by atoms with Gasteiger partial charge in [-0.1, -0.05) is 6.07 Å². The van der Waals surface area contributed by atoms with Crippen LogP contribution in [-0.2, 0) is 6.54 Å². The van der Waals surface area contributed by atoms with Gasteiger partial charge >= 0.3 is 0 Å². The summed E-state index contributed by atoms with van der Waals surface area (Å²) in [5, 5.41) is 5.58. The lowest BCUT2D eigenvalue weighted by Crippen LogP contribution is -2.07. The number of halogens is 1. The number of aromatic nitrogens is 3. The molecule has 114 valence electrons. The Kier molecular flexibility index (Phi) is 4.58. The molecule has 1 N–H and O–H groups in total. The van der Waals surface area contributed by atoms with Gasteiger partial charge < -0.3 is 14.6 Å². The van der Waals surface area contributed by atoms with Gasteiger partial charge in [-0.15, -0.1) is 0 Å². The van der Waals surface area contributed by atoms with E-state index in [-0.39, 0.29) is 0 Å². The Morgan fingerprint density at radius 1 is 1.27 bits per heavy atom. The lowest BCUT2D eigenvalue weighted by Gasteiger charge is -2.12. The summed E-state index contributed by atoms with van der Waals surface area (Å²) in [5.74, 6) is 1.68. The van der Waals surface area contributed by atoms with Crippen molar-refractivity contribution in [2.75, 3.05) is 19.0 Å². The SMILES string of the molecule is COc1ccc2ccnc(NCCCn3ccnc3)c2c1Br. The number of hydrogen-bond donors (Lipinski definition) is 1. The van der Waals surface area contributed by atoms with Gasteiger partial charge in [-0.25, -0.2) is 9.97 Å². The van der Waals surface area contributed by atoms with Crippen LogP contribution in [0.15, 0.2) is 47.6 Å². The minimum absolute atomic E-state index is 0.807. The molecule has 0 saturated carbocycles. The zero-order chi connectivity index (χ0) is 15.4. The summed E-state index contributed by atoms with van der Waals surface area (Å²) in [6, 6.07) is 5.99. The Labute approximate surface area is 137 Å². The number of nitrogens with zero attached hydrogens (tertiary/aromatic N) is 3. The van der Waals surface area contributed by atoms with Gasteiger partial charge in [0.1, 0.15) is 11.6 Å². The third-order valence-electron chi connectivity index (χ3n) is 3.50. The van der Waals surface area contributed by atoms with Crippen molar-refractivity contribution in [2.45, 2.75) is 13.0 Å². The minimum Gasteiger partial charge on any atom is -0.496 e. The van der Waals surface area contributed by atoms with Crippen molar-refractivity contribution < 1.29 is 4.74 Å². The van der Waals surface area contributed by atoms with E-state index in [1.807, 2.05) is 36.9 Å². The van der Waals surface area contributed by atoms with Crippen molar-refractivity contribution in [3.63, 3.8) is 0 Å². The Morgan fingerprint density at radius 2 is 2.18 bits per heavy atom. The predicted octanol–water partition coefficient (Wildman–Crippen LogP) is 3.70. The molecule has 0 aliphatic carbocycles. The van der Waals surface area contributed by atoms with Gasteiger partial charge in [-0.2, -0.15) is 0 Å². The van der Waals surface area contributed by atoms with Crippen LogP contribution in [0.5, 0.6) is 5.75 Å². The van der Waals surface area contributed by atoms with E-state index in [9.17, 15) is 0 Å². The van der Waals surface area contributed by atoms with Gasteiger partial charge in [0.25, 0.3) is 0 Å². The molecule has 22 heavy (non-hydrogen) atoms. The molecule has 0 radical (unpaired) electrons. The third-order valence-corrected chi connectivity index (χ3v) is 4.29. The van der Waals surface area contributed by atoms with E-state index in [0.717, 1.165) is 46.3 Å². The zero-order valence-electron chi connectivity index (χ0n) is 12.3. The molecule has 2 heterocycles. The van der Waals surface area contributed by atoms with Gasteiger partial charge in [0.2, 0.25) is 0 Å². The van der Waals surface area contributed by atoms with Crippen molar-refractivity contribution in [3.05, 3.63) is 47.6 Å². The van der Waals surface area contributed by atoms with E-state index in [1.165, 1.54) is 0 Å². The molecule has 5 nitrogen and oxygen atoms in total. The first kappa shape index (κ1) is 14.8. The molecule has 0 atom stereocenters. The second-order valence-electron chi connectivity index (χ2n) is 4.92. The van der Waals surface area contributed by atoms with Crippen LogP contribution in [0.25, 0.3) is 10.8 Å². The first-order valence-electron chi connectivity index (χ1n) is 7.10.